The summed E-state index contributed by atoms with van der Waals surface area (Å²) in [6.45, 7) is 0.820. The first-order chi connectivity index (χ1) is 14.0. The van der Waals surface area contributed by atoms with Gasteiger partial charge in [-0.15, -0.1) is 0 Å². The van der Waals surface area contributed by atoms with Gasteiger partial charge in [0, 0.05) is 38.0 Å². The van der Waals surface area contributed by atoms with Crippen LogP contribution in [0.4, 0.5) is 13.9 Å². The number of nitrogens with one attached hydrogen (secondary N) is 2. The summed E-state index contributed by atoms with van der Waals surface area (Å²) in [7, 11) is 1.64. The second-order valence-electron chi connectivity index (χ2n) is 6.36. The molecule has 2 heterocycles. The molecule has 2 aromatic heterocycles. The van der Waals surface area contributed by atoms with Gasteiger partial charge >= 0.3 is 0 Å². The third-order valence-corrected chi connectivity index (χ3v) is 5.23. The Bertz CT molecular complexity index is 1150. The maximum atomic E-state index is 14.1. The molecule has 0 aliphatic rings. The molecule has 0 atom stereocenters. The number of amides is 1. The molecule has 2 N–H and O–H groups in total. The summed E-state index contributed by atoms with van der Waals surface area (Å²) in [4.78, 5) is 17.1. The van der Waals surface area contributed by atoms with Crippen molar-refractivity contribution < 1.29 is 13.6 Å². The van der Waals surface area contributed by atoms with Gasteiger partial charge in [-0.3, -0.25) is 9.48 Å². The van der Waals surface area contributed by atoms with E-state index in [0.717, 1.165) is 27.5 Å². The number of benzene rings is 2. The minimum absolute atomic E-state index is 0.0738. The van der Waals surface area contributed by atoms with Gasteiger partial charge < -0.3 is 10.6 Å². The van der Waals surface area contributed by atoms with E-state index >= 15 is 0 Å². The highest BCUT2D eigenvalue weighted by molar-refractivity contribution is 7.22. The Kier molecular flexibility index (Phi) is 5.22. The van der Waals surface area contributed by atoms with Crippen LogP contribution in [0.5, 0.6) is 0 Å². The van der Waals surface area contributed by atoms with Crippen LogP contribution in [0.1, 0.15) is 10.4 Å². The summed E-state index contributed by atoms with van der Waals surface area (Å²) in [5, 5.41) is 10.9. The smallest absolute Gasteiger partial charge is 0.255 e. The lowest BCUT2D eigenvalue weighted by Crippen LogP contribution is -2.28. The zero-order chi connectivity index (χ0) is 20.4. The number of hydrogen-bond acceptors (Lipinski definition) is 5. The van der Waals surface area contributed by atoms with Crippen LogP contribution in [0.15, 0.2) is 48.7 Å². The van der Waals surface area contributed by atoms with Crippen LogP contribution in [0, 0.1) is 11.6 Å². The number of nitrogens with zero attached hydrogens (tertiary/aromatic N) is 3. The molecule has 0 aliphatic carbocycles. The van der Waals surface area contributed by atoms with E-state index in [4.69, 9.17) is 0 Å². The molecule has 0 fully saturated rings. The molecular weight excluding hydrogens is 396 g/mol. The van der Waals surface area contributed by atoms with E-state index in [2.05, 4.69) is 20.7 Å². The molecule has 6 nitrogen and oxygen atoms in total. The number of fused-ring (bicyclic) bond motifs is 1. The fourth-order valence-electron chi connectivity index (χ4n) is 2.92. The molecule has 0 spiro atoms. The molecule has 4 aromatic rings. The number of anilines is 1. The Morgan fingerprint density at radius 1 is 1.17 bits per heavy atom. The zero-order valence-electron chi connectivity index (χ0n) is 15.4. The van der Waals surface area contributed by atoms with E-state index in [1.165, 1.54) is 28.3 Å². The summed E-state index contributed by atoms with van der Waals surface area (Å²) in [5.41, 5.74) is 1.38. The van der Waals surface area contributed by atoms with Crippen molar-refractivity contribution in [2.24, 2.45) is 7.05 Å². The summed E-state index contributed by atoms with van der Waals surface area (Å²) in [5.74, 6) is -1.84. The minimum atomic E-state index is -0.768. The Morgan fingerprint density at radius 3 is 2.79 bits per heavy atom. The molecule has 0 radical (unpaired) electrons. The Balaban J connectivity index is 1.41. The lowest BCUT2D eigenvalue weighted by molar-refractivity contribution is 0.0955. The van der Waals surface area contributed by atoms with Crippen molar-refractivity contribution in [1.82, 2.24) is 20.1 Å². The van der Waals surface area contributed by atoms with Gasteiger partial charge in [0.15, 0.2) is 5.13 Å². The van der Waals surface area contributed by atoms with Crippen molar-refractivity contribution in [1.29, 1.82) is 0 Å². The predicted octanol–water partition coefficient (Wildman–Crippen LogP) is 3.82. The highest BCUT2D eigenvalue weighted by Gasteiger charge is 2.19. The molecule has 0 bridgehead atoms. The number of aromatic nitrogens is 3. The molecule has 148 valence electrons. The lowest BCUT2D eigenvalue weighted by Gasteiger charge is -2.07. The van der Waals surface area contributed by atoms with Crippen molar-refractivity contribution in [3.8, 4) is 11.3 Å². The minimum Gasteiger partial charge on any atom is -0.360 e. The van der Waals surface area contributed by atoms with E-state index in [-0.39, 0.29) is 22.7 Å². The SMILES string of the molecule is Cn1cc(C(=O)NCCNc2nc3ccccc3s2)c(-c2ccc(F)cc2F)n1. The first-order valence-electron chi connectivity index (χ1n) is 8.88. The van der Waals surface area contributed by atoms with E-state index in [1.54, 1.807) is 7.05 Å². The molecule has 0 unspecified atom stereocenters. The van der Waals surface area contributed by atoms with Crippen molar-refractivity contribution in [3.63, 3.8) is 0 Å². The monoisotopic (exact) mass is 413 g/mol. The topological polar surface area (TPSA) is 71.8 Å². The largest absolute Gasteiger partial charge is 0.360 e. The number of hydrogen-bond donors (Lipinski definition) is 2. The van der Waals surface area contributed by atoms with Gasteiger partial charge in [0.2, 0.25) is 0 Å². The van der Waals surface area contributed by atoms with Gasteiger partial charge in [-0.25, -0.2) is 13.8 Å². The number of halogens is 2. The van der Waals surface area contributed by atoms with Gasteiger partial charge in [0.05, 0.1) is 15.8 Å². The Labute approximate surface area is 169 Å². The quantitative estimate of drug-likeness (QED) is 0.472. The van der Waals surface area contributed by atoms with Gasteiger partial charge in [-0.2, -0.15) is 5.10 Å². The zero-order valence-corrected chi connectivity index (χ0v) is 16.3. The van der Waals surface area contributed by atoms with Gasteiger partial charge in [-0.1, -0.05) is 23.5 Å². The second-order valence-corrected chi connectivity index (χ2v) is 7.39. The standard InChI is InChI=1S/C20H17F2N5OS/c1-27-11-14(18(26-27)13-7-6-12(21)10-15(13)22)19(28)23-8-9-24-20-25-16-4-2-3-5-17(16)29-20/h2-7,10-11H,8-9H2,1H3,(H,23,28)(H,24,25). The van der Waals surface area contributed by atoms with Gasteiger partial charge in [-0.05, 0) is 24.3 Å². The molecule has 29 heavy (non-hydrogen) atoms. The molecular formula is C20H17F2N5OS. The van der Waals surface area contributed by atoms with E-state index < -0.39 is 11.6 Å². The number of rotatable bonds is 6. The molecule has 9 heteroatoms. The van der Waals surface area contributed by atoms with Crippen LogP contribution in [-0.4, -0.2) is 33.8 Å². The molecule has 2 aromatic carbocycles. The van der Waals surface area contributed by atoms with E-state index in [1.807, 2.05) is 24.3 Å². The average molecular weight is 413 g/mol. The van der Waals surface area contributed by atoms with Gasteiger partial charge in [0.25, 0.3) is 5.91 Å². The van der Waals surface area contributed by atoms with Crippen LogP contribution >= 0.6 is 11.3 Å². The third-order valence-electron chi connectivity index (χ3n) is 4.24. The number of para-hydroxylation sites is 1. The second kappa shape index (κ2) is 7.96. The number of carbonyl (C=O) groups is 1. The molecule has 0 aliphatic heterocycles. The van der Waals surface area contributed by atoms with Crippen molar-refractivity contribution in [3.05, 3.63) is 65.9 Å². The maximum absolute atomic E-state index is 14.1. The van der Waals surface area contributed by atoms with Crippen LogP contribution in [0.3, 0.4) is 0 Å². The first kappa shape index (κ1) is 19.0. The van der Waals surface area contributed by atoms with Crippen LogP contribution in [-0.2, 0) is 7.05 Å². The van der Waals surface area contributed by atoms with Crippen LogP contribution in [0.25, 0.3) is 21.5 Å². The third kappa shape index (κ3) is 4.09. The lowest BCUT2D eigenvalue weighted by atomic mass is 10.1. The van der Waals surface area contributed by atoms with E-state index in [9.17, 15) is 13.6 Å². The summed E-state index contributed by atoms with van der Waals surface area (Å²) in [6.07, 6.45) is 1.51. The van der Waals surface area contributed by atoms with Crippen LogP contribution in [0.2, 0.25) is 0 Å². The van der Waals surface area contributed by atoms with Crippen molar-refractivity contribution in [2.45, 2.75) is 0 Å². The number of carbonyl (C=O) groups excluding carboxylic acids is 1. The predicted molar refractivity (Wildman–Crippen MR) is 109 cm³/mol. The molecule has 0 saturated heterocycles. The molecule has 1 amide bonds. The highest BCUT2D eigenvalue weighted by atomic mass is 32.1. The normalized spacial score (nSPS) is 11.0. The van der Waals surface area contributed by atoms with Crippen molar-refractivity contribution >= 4 is 32.6 Å². The fraction of sp³-hybridized carbons (Fsp3) is 0.150. The average Bonchev–Trinajstić information content (AvgIpc) is 3.28. The molecule has 0 saturated carbocycles. The first-order valence-corrected chi connectivity index (χ1v) is 9.69. The Hall–Kier alpha value is -3.33. The van der Waals surface area contributed by atoms with Gasteiger partial charge in [0.1, 0.15) is 17.3 Å². The highest BCUT2D eigenvalue weighted by Crippen LogP contribution is 2.26. The molecule has 4 rings (SSSR count). The summed E-state index contributed by atoms with van der Waals surface area (Å²) in [6, 6.07) is 11.0. The van der Waals surface area contributed by atoms with E-state index in [0.29, 0.717) is 13.1 Å². The Morgan fingerprint density at radius 2 is 2.00 bits per heavy atom. The van der Waals surface area contributed by atoms with Crippen molar-refractivity contribution in [2.75, 3.05) is 18.4 Å². The maximum Gasteiger partial charge on any atom is 0.255 e. The number of thiazole rings is 1. The fourth-order valence-corrected chi connectivity index (χ4v) is 3.81. The summed E-state index contributed by atoms with van der Waals surface area (Å²) >= 11 is 1.54. The van der Waals surface area contributed by atoms with Crippen LogP contribution < -0.4 is 10.6 Å². The number of aryl methyl sites for hydroxylation is 1. The summed E-state index contributed by atoms with van der Waals surface area (Å²) < 4.78 is 29.8.